The second-order valence-electron chi connectivity index (χ2n) is 5.92. The molecule has 0 saturated heterocycles. The van der Waals surface area contributed by atoms with Crippen LogP contribution in [-0.4, -0.2) is 21.9 Å². The number of rotatable bonds is 9. The molecule has 0 aliphatic heterocycles. The van der Waals surface area contributed by atoms with Gasteiger partial charge in [0.15, 0.2) is 0 Å². The number of hydrogen-bond donors (Lipinski definition) is 0. The average Bonchev–Trinajstić information content (AvgIpc) is 2.99. The van der Waals surface area contributed by atoms with Crippen LogP contribution in [0.1, 0.15) is 37.4 Å². The largest absolute Gasteiger partial charge is 0.345 e. The monoisotopic (exact) mass is 344 g/mol. The Bertz CT molecular complexity index is 678. The molecule has 0 bridgehead atoms. The molecule has 0 aliphatic rings. The standard InChI is InChI=1S/C20H25ClN2O/c1-3-5-11-20(24)23(12-4-2)16-19-10-7-13-22(19)15-17-8-6-9-18(21)14-17/h4,6-10,13-14H,2-3,5,11-12,15-16H2,1H3. The van der Waals surface area contributed by atoms with Crippen molar-refractivity contribution in [1.29, 1.82) is 0 Å². The molecule has 1 aromatic carbocycles. The molecule has 2 aromatic rings. The van der Waals surface area contributed by atoms with Crippen molar-refractivity contribution in [3.63, 3.8) is 0 Å². The van der Waals surface area contributed by atoms with Gasteiger partial charge >= 0.3 is 0 Å². The second-order valence-corrected chi connectivity index (χ2v) is 6.36. The van der Waals surface area contributed by atoms with E-state index in [1.807, 2.05) is 35.4 Å². The molecule has 0 unspecified atom stereocenters. The summed E-state index contributed by atoms with van der Waals surface area (Å²) in [5.41, 5.74) is 2.26. The zero-order chi connectivity index (χ0) is 17.4. The average molecular weight is 345 g/mol. The maximum Gasteiger partial charge on any atom is 0.223 e. The molecule has 0 fully saturated rings. The molecule has 0 N–H and O–H groups in total. The molecular weight excluding hydrogens is 320 g/mol. The van der Waals surface area contributed by atoms with E-state index < -0.39 is 0 Å². The minimum absolute atomic E-state index is 0.187. The maximum atomic E-state index is 12.4. The SMILES string of the molecule is C=CCN(Cc1cccn1Cc1cccc(Cl)c1)C(=O)CCCC. The molecule has 1 amide bonds. The van der Waals surface area contributed by atoms with E-state index in [0.717, 1.165) is 35.7 Å². The van der Waals surface area contributed by atoms with Crippen LogP contribution >= 0.6 is 11.6 Å². The lowest BCUT2D eigenvalue weighted by Crippen LogP contribution is -2.31. The predicted octanol–water partition coefficient (Wildman–Crippen LogP) is 4.89. The molecule has 3 nitrogen and oxygen atoms in total. The molecule has 0 radical (unpaired) electrons. The van der Waals surface area contributed by atoms with Crippen molar-refractivity contribution in [2.24, 2.45) is 0 Å². The molecule has 24 heavy (non-hydrogen) atoms. The molecule has 0 aliphatic carbocycles. The summed E-state index contributed by atoms with van der Waals surface area (Å²) in [5.74, 6) is 0.187. The van der Waals surface area contributed by atoms with Gasteiger partial charge in [-0.15, -0.1) is 6.58 Å². The van der Waals surface area contributed by atoms with Crippen LogP contribution in [0.4, 0.5) is 0 Å². The Balaban J connectivity index is 2.09. The van der Waals surface area contributed by atoms with Gasteiger partial charge < -0.3 is 9.47 Å². The van der Waals surface area contributed by atoms with Crippen molar-refractivity contribution < 1.29 is 4.79 Å². The van der Waals surface area contributed by atoms with Crippen molar-refractivity contribution in [2.45, 2.75) is 39.3 Å². The lowest BCUT2D eigenvalue weighted by Gasteiger charge is -2.22. The number of nitrogens with zero attached hydrogens (tertiary/aromatic N) is 2. The summed E-state index contributed by atoms with van der Waals surface area (Å²) in [7, 11) is 0. The fourth-order valence-corrected chi connectivity index (χ4v) is 2.88. The van der Waals surface area contributed by atoms with Crippen LogP contribution in [0.2, 0.25) is 5.02 Å². The van der Waals surface area contributed by atoms with Crippen LogP contribution in [0, 0.1) is 0 Å². The highest BCUT2D eigenvalue weighted by molar-refractivity contribution is 6.30. The molecule has 128 valence electrons. The molecule has 1 aromatic heterocycles. The number of carbonyl (C=O) groups excluding carboxylic acids is 1. The van der Waals surface area contributed by atoms with Crippen LogP contribution < -0.4 is 0 Å². The summed E-state index contributed by atoms with van der Waals surface area (Å²) in [5, 5.41) is 0.740. The number of aromatic nitrogens is 1. The number of carbonyl (C=O) groups is 1. The van der Waals surface area contributed by atoms with E-state index >= 15 is 0 Å². The number of hydrogen-bond acceptors (Lipinski definition) is 1. The highest BCUT2D eigenvalue weighted by atomic mass is 35.5. The second kappa shape index (κ2) is 9.33. The van der Waals surface area contributed by atoms with Gasteiger partial charge in [-0.25, -0.2) is 0 Å². The third-order valence-electron chi connectivity index (χ3n) is 3.96. The zero-order valence-corrected chi connectivity index (χ0v) is 15.0. The van der Waals surface area contributed by atoms with E-state index in [9.17, 15) is 4.79 Å². The Morgan fingerprint density at radius 2 is 2.17 bits per heavy atom. The van der Waals surface area contributed by atoms with Gasteiger partial charge in [0.05, 0.1) is 6.54 Å². The third kappa shape index (κ3) is 5.27. The first kappa shape index (κ1) is 18.3. The molecule has 2 rings (SSSR count). The number of benzene rings is 1. The first-order valence-corrected chi connectivity index (χ1v) is 8.79. The summed E-state index contributed by atoms with van der Waals surface area (Å²) < 4.78 is 2.16. The van der Waals surface area contributed by atoms with Gasteiger partial charge in [-0.05, 0) is 36.2 Å². The number of unbranched alkanes of at least 4 members (excludes halogenated alkanes) is 1. The topological polar surface area (TPSA) is 25.2 Å². The molecular formula is C20H25ClN2O. The van der Waals surface area contributed by atoms with Gasteiger partial charge in [0.2, 0.25) is 5.91 Å². The van der Waals surface area contributed by atoms with Crippen molar-refractivity contribution in [3.05, 3.63) is 71.5 Å². The van der Waals surface area contributed by atoms with E-state index in [1.165, 1.54) is 0 Å². The maximum absolute atomic E-state index is 12.4. The van der Waals surface area contributed by atoms with Crippen molar-refractivity contribution in [2.75, 3.05) is 6.54 Å². The summed E-state index contributed by atoms with van der Waals surface area (Å²) in [4.78, 5) is 14.3. The van der Waals surface area contributed by atoms with E-state index in [0.29, 0.717) is 19.5 Å². The fraction of sp³-hybridized carbons (Fsp3) is 0.350. The lowest BCUT2D eigenvalue weighted by molar-refractivity contribution is -0.131. The van der Waals surface area contributed by atoms with Gasteiger partial charge in [-0.2, -0.15) is 0 Å². The van der Waals surface area contributed by atoms with Gasteiger partial charge in [0, 0.05) is 36.4 Å². The molecule has 1 heterocycles. The smallest absolute Gasteiger partial charge is 0.223 e. The number of halogens is 1. The van der Waals surface area contributed by atoms with Crippen LogP contribution in [-0.2, 0) is 17.9 Å². The van der Waals surface area contributed by atoms with Crippen molar-refractivity contribution >= 4 is 17.5 Å². The van der Waals surface area contributed by atoms with Crippen LogP contribution in [0.25, 0.3) is 0 Å². The third-order valence-corrected chi connectivity index (χ3v) is 4.20. The highest BCUT2D eigenvalue weighted by Crippen LogP contribution is 2.15. The molecule has 4 heteroatoms. The zero-order valence-electron chi connectivity index (χ0n) is 14.2. The Morgan fingerprint density at radius 1 is 1.33 bits per heavy atom. The highest BCUT2D eigenvalue weighted by Gasteiger charge is 2.14. The fourth-order valence-electron chi connectivity index (χ4n) is 2.67. The Kier molecular flexibility index (Phi) is 7.13. The van der Waals surface area contributed by atoms with E-state index in [-0.39, 0.29) is 5.91 Å². The van der Waals surface area contributed by atoms with Gasteiger partial charge in [-0.1, -0.05) is 43.2 Å². The van der Waals surface area contributed by atoms with E-state index in [2.05, 4.69) is 30.2 Å². The minimum Gasteiger partial charge on any atom is -0.345 e. The number of amides is 1. The van der Waals surface area contributed by atoms with Gasteiger partial charge in [-0.3, -0.25) is 4.79 Å². The van der Waals surface area contributed by atoms with E-state index in [4.69, 9.17) is 11.6 Å². The first-order valence-electron chi connectivity index (χ1n) is 8.41. The molecule has 0 saturated carbocycles. The van der Waals surface area contributed by atoms with Gasteiger partial charge in [0.25, 0.3) is 0 Å². The quantitative estimate of drug-likeness (QED) is 0.594. The van der Waals surface area contributed by atoms with Crippen molar-refractivity contribution in [3.8, 4) is 0 Å². The van der Waals surface area contributed by atoms with Gasteiger partial charge in [0.1, 0.15) is 0 Å². The van der Waals surface area contributed by atoms with Crippen LogP contribution in [0.5, 0.6) is 0 Å². The van der Waals surface area contributed by atoms with Crippen LogP contribution in [0.15, 0.2) is 55.3 Å². The molecule has 0 atom stereocenters. The summed E-state index contributed by atoms with van der Waals surface area (Å²) >= 11 is 6.07. The minimum atomic E-state index is 0.187. The Hall–Kier alpha value is -2.00. The van der Waals surface area contributed by atoms with Crippen molar-refractivity contribution in [1.82, 2.24) is 9.47 Å². The Morgan fingerprint density at radius 3 is 2.88 bits per heavy atom. The normalized spacial score (nSPS) is 10.6. The first-order chi connectivity index (χ1) is 11.6. The van der Waals surface area contributed by atoms with E-state index in [1.54, 1.807) is 6.08 Å². The summed E-state index contributed by atoms with van der Waals surface area (Å²) in [6, 6.07) is 11.9. The predicted molar refractivity (Wildman–Crippen MR) is 100 cm³/mol. The Labute approximate surface area is 149 Å². The summed E-state index contributed by atoms with van der Waals surface area (Å²) in [6.45, 7) is 7.79. The lowest BCUT2D eigenvalue weighted by atomic mass is 10.2. The van der Waals surface area contributed by atoms with Crippen LogP contribution in [0.3, 0.4) is 0 Å². The molecule has 0 spiro atoms. The summed E-state index contributed by atoms with van der Waals surface area (Å²) in [6.07, 6.45) is 6.38.